The molecule has 0 aliphatic carbocycles. The van der Waals surface area contributed by atoms with Crippen molar-refractivity contribution in [1.29, 1.82) is 0 Å². The van der Waals surface area contributed by atoms with Gasteiger partial charge in [-0.05, 0) is 38.6 Å². The number of carbonyl (C=O) groups is 5. The van der Waals surface area contributed by atoms with Crippen LogP contribution >= 0.6 is 12.6 Å². The summed E-state index contributed by atoms with van der Waals surface area (Å²) in [5.74, 6) is -4.45. The average molecular weight is 534 g/mol. The highest BCUT2D eigenvalue weighted by Crippen LogP contribution is 2.05. The number of rotatable bonds is 19. The van der Waals surface area contributed by atoms with Gasteiger partial charge in [0.15, 0.2) is 5.96 Å². The normalized spacial score (nSPS) is 14.0. The molecule has 4 atom stereocenters. The molecule has 0 aromatic carbocycles. The minimum Gasteiger partial charge on any atom is -0.480 e. The Balaban J connectivity index is 5.36. The van der Waals surface area contributed by atoms with Gasteiger partial charge in [-0.15, -0.1) is 0 Å². The summed E-state index contributed by atoms with van der Waals surface area (Å²) in [5.41, 5.74) is 26.9. The van der Waals surface area contributed by atoms with Gasteiger partial charge < -0.3 is 49.7 Å². The Kier molecular flexibility index (Phi) is 16.6. The second-order valence-corrected chi connectivity index (χ2v) is 8.41. The van der Waals surface area contributed by atoms with E-state index in [0.717, 1.165) is 0 Å². The lowest BCUT2D eigenvalue weighted by Gasteiger charge is -2.24. The van der Waals surface area contributed by atoms with Crippen LogP contribution in [0.15, 0.2) is 4.99 Å². The third-order valence-electron chi connectivity index (χ3n) is 4.99. The summed E-state index contributed by atoms with van der Waals surface area (Å²) in [7, 11) is 0. The molecule has 0 rings (SSSR count). The van der Waals surface area contributed by atoms with Crippen molar-refractivity contribution in [2.75, 3.05) is 18.8 Å². The van der Waals surface area contributed by atoms with Crippen molar-refractivity contribution in [2.45, 2.75) is 69.1 Å². The van der Waals surface area contributed by atoms with Gasteiger partial charge in [-0.25, -0.2) is 4.79 Å². The minimum absolute atomic E-state index is 0.0440. The van der Waals surface area contributed by atoms with E-state index in [1.54, 1.807) is 0 Å². The summed E-state index contributed by atoms with van der Waals surface area (Å²) in [6.07, 6.45) is 1.52. The first-order valence-corrected chi connectivity index (χ1v) is 12.1. The van der Waals surface area contributed by atoms with Gasteiger partial charge in [-0.1, -0.05) is 6.42 Å². The summed E-state index contributed by atoms with van der Waals surface area (Å²) in [4.78, 5) is 64.3. The number of hydrogen-bond acceptors (Lipinski definition) is 9. The predicted octanol–water partition coefficient (Wildman–Crippen LogP) is -3.77. The molecule has 4 unspecified atom stereocenters. The zero-order valence-corrected chi connectivity index (χ0v) is 21.0. The van der Waals surface area contributed by atoms with Gasteiger partial charge in [0.2, 0.25) is 23.6 Å². The molecule has 0 spiro atoms. The van der Waals surface area contributed by atoms with Crippen LogP contribution in [0.1, 0.15) is 44.9 Å². The molecule has 0 aliphatic rings. The fourth-order valence-electron chi connectivity index (χ4n) is 2.97. The maximum atomic E-state index is 12.8. The van der Waals surface area contributed by atoms with Crippen molar-refractivity contribution in [3.8, 4) is 0 Å². The molecule has 0 fully saturated rings. The van der Waals surface area contributed by atoms with Crippen LogP contribution in [0.4, 0.5) is 0 Å². The van der Waals surface area contributed by atoms with Crippen molar-refractivity contribution in [1.82, 2.24) is 16.0 Å². The van der Waals surface area contributed by atoms with E-state index in [2.05, 4.69) is 33.6 Å². The number of hydrogen-bond donors (Lipinski definition) is 10. The quantitative estimate of drug-likeness (QED) is 0.0334. The molecule has 0 bridgehead atoms. The van der Waals surface area contributed by atoms with Crippen LogP contribution in [-0.2, 0) is 24.0 Å². The Morgan fingerprint density at radius 3 is 1.92 bits per heavy atom. The van der Waals surface area contributed by atoms with E-state index >= 15 is 0 Å². The number of amides is 4. The molecule has 0 aromatic rings. The summed E-state index contributed by atoms with van der Waals surface area (Å²) in [6.45, 7) is 0.615. The lowest BCUT2D eigenvalue weighted by atomic mass is 10.1. The number of carbonyl (C=O) groups excluding carboxylic acids is 4. The van der Waals surface area contributed by atoms with Crippen molar-refractivity contribution < 1.29 is 29.1 Å². The van der Waals surface area contributed by atoms with Gasteiger partial charge in [0.05, 0.1) is 6.04 Å². The fourth-order valence-corrected chi connectivity index (χ4v) is 3.23. The SMILES string of the molecule is NCCCCC(N)C(=O)NC(CS)C(=O)NC(CCCN=C(N)N)C(=O)NC(CCC(N)=O)C(=O)O. The van der Waals surface area contributed by atoms with Gasteiger partial charge >= 0.3 is 5.97 Å². The number of nitrogens with one attached hydrogen (secondary N) is 3. The van der Waals surface area contributed by atoms with Crippen molar-refractivity contribution in [3.05, 3.63) is 0 Å². The van der Waals surface area contributed by atoms with E-state index in [4.69, 9.17) is 28.7 Å². The number of nitrogens with two attached hydrogens (primary N) is 5. The van der Waals surface area contributed by atoms with Crippen LogP contribution in [-0.4, -0.2) is 83.7 Å². The van der Waals surface area contributed by atoms with E-state index in [0.29, 0.717) is 25.8 Å². The number of primary amides is 1. The Bertz CT molecular complexity index is 779. The van der Waals surface area contributed by atoms with E-state index in [-0.39, 0.29) is 43.9 Å². The predicted molar refractivity (Wildman–Crippen MR) is 137 cm³/mol. The number of aliphatic imine (C=N–C) groups is 1. The van der Waals surface area contributed by atoms with Gasteiger partial charge in [-0.2, -0.15) is 12.6 Å². The highest BCUT2D eigenvalue weighted by atomic mass is 32.1. The molecule has 0 saturated carbocycles. The summed E-state index contributed by atoms with van der Waals surface area (Å²) in [5, 5.41) is 16.6. The smallest absolute Gasteiger partial charge is 0.326 e. The zero-order valence-electron chi connectivity index (χ0n) is 20.2. The van der Waals surface area contributed by atoms with Crippen molar-refractivity contribution in [2.24, 2.45) is 33.7 Å². The van der Waals surface area contributed by atoms with Crippen LogP contribution in [0.25, 0.3) is 0 Å². The number of unbranched alkanes of at least 4 members (excludes halogenated alkanes) is 1. The molecular formula is C20H39N9O6S. The molecular weight excluding hydrogens is 494 g/mol. The lowest BCUT2D eigenvalue weighted by Crippen LogP contribution is -2.57. The largest absolute Gasteiger partial charge is 0.480 e. The molecule has 4 amide bonds. The van der Waals surface area contributed by atoms with Crippen LogP contribution in [0.3, 0.4) is 0 Å². The number of guanidine groups is 1. The van der Waals surface area contributed by atoms with Gasteiger partial charge in [0.1, 0.15) is 18.1 Å². The number of nitrogens with zero attached hydrogens (tertiary/aromatic N) is 1. The van der Waals surface area contributed by atoms with Crippen LogP contribution in [0, 0.1) is 0 Å². The van der Waals surface area contributed by atoms with Crippen LogP contribution in [0.2, 0.25) is 0 Å². The third-order valence-corrected chi connectivity index (χ3v) is 5.36. The minimum atomic E-state index is -1.41. The second kappa shape index (κ2) is 18.2. The monoisotopic (exact) mass is 533 g/mol. The van der Waals surface area contributed by atoms with Gasteiger partial charge in [-0.3, -0.25) is 24.2 Å². The molecule has 0 aromatic heterocycles. The van der Waals surface area contributed by atoms with E-state index in [1.807, 2.05) is 0 Å². The number of thiol groups is 1. The molecule has 14 N–H and O–H groups in total. The first-order chi connectivity index (χ1) is 16.9. The Morgan fingerprint density at radius 1 is 0.806 bits per heavy atom. The average Bonchev–Trinajstić information content (AvgIpc) is 2.80. The maximum Gasteiger partial charge on any atom is 0.326 e. The van der Waals surface area contributed by atoms with Gasteiger partial charge in [0.25, 0.3) is 0 Å². The standard InChI is InChI=1S/C20H39N9O6S/c21-8-2-1-4-11(22)16(31)29-14(10-36)18(33)27-12(5-3-9-26-20(24)25)17(32)28-13(19(34)35)6-7-15(23)30/h11-14,36H,1-10,21-22H2,(H2,23,30)(H,27,33)(H,28,32)(H,29,31)(H,34,35)(H4,24,25,26). The molecule has 0 aliphatic heterocycles. The van der Waals surface area contributed by atoms with Gasteiger partial charge in [0, 0.05) is 18.7 Å². The topological polar surface area (TPSA) is 284 Å². The highest BCUT2D eigenvalue weighted by molar-refractivity contribution is 7.80. The number of carboxylic acids is 1. The molecule has 0 saturated heterocycles. The molecule has 206 valence electrons. The number of aliphatic carboxylic acids is 1. The third kappa shape index (κ3) is 14.3. The first-order valence-electron chi connectivity index (χ1n) is 11.5. The first kappa shape index (κ1) is 32.9. The molecule has 15 nitrogen and oxygen atoms in total. The van der Waals surface area contributed by atoms with E-state index < -0.39 is 53.8 Å². The van der Waals surface area contributed by atoms with Crippen LogP contribution in [0.5, 0.6) is 0 Å². The zero-order chi connectivity index (χ0) is 27.7. The molecule has 36 heavy (non-hydrogen) atoms. The molecule has 0 radical (unpaired) electrons. The van der Waals surface area contributed by atoms with Crippen molar-refractivity contribution in [3.63, 3.8) is 0 Å². The maximum absolute atomic E-state index is 12.8. The van der Waals surface area contributed by atoms with E-state index in [1.165, 1.54) is 0 Å². The Hall–Kier alpha value is -3.11. The number of carboxylic acid groups (broad SMARTS) is 1. The second-order valence-electron chi connectivity index (χ2n) is 8.05. The molecule has 0 heterocycles. The summed E-state index contributed by atoms with van der Waals surface area (Å²) in [6, 6.07) is -4.57. The fraction of sp³-hybridized carbons (Fsp3) is 0.700. The summed E-state index contributed by atoms with van der Waals surface area (Å²) < 4.78 is 0. The lowest BCUT2D eigenvalue weighted by molar-refractivity contribution is -0.142. The Morgan fingerprint density at radius 2 is 1.39 bits per heavy atom. The van der Waals surface area contributed by atoms with Crippen LogP contribution < -0.4 is 44.6 Å². The highest BCUT2D eigenvalue weighted by Gasteiger charge is 2.29. The Labute approximate surface area is 215 Å². The summed E-state index contributed by atoms with van der Waals surface area (Å²) >= 11 is 4.09. The van der Waals surface area contributed by atoms with E-state index in [9.17, 15) is 29.1 Å². The molecule has 16 heteroatoms. The van der Waals surface area contributed by atoms with Crippen molar-refractivity contribution >= 4 is 48.2 Å².